The number of benzene rings is 3. The Morgan fingerprint density at radius 1 is 0.739 bits per heavy atom. The van der Waals surface area contributed by atoms with Crippen molar-refractivity contribution >= 4 is 10.8 Å². The Bertz CT molecular complexity index is 916. The molecule has 0 unspecified atom stereocenters. The van der Waals surface area contributed by atoms with Crippen LogP contribution in [0.4, 0.5) is 0 Å². The van der Waals surface area contributed by atoms with Gasteiger partial charge in [0.15, 0.2) is 0 Å². The number of fused-ring (bicyclic) bond motifs is 7. The van der Waals surface area contributed by atoms with Crippen molar-refractivity contribution in [2.45, 2.75) is 37.5 Å². The van der Waals surface area contributed by atoms with Crippen molar-refractivity contribution in [1.82, 2.24) is 0 Å². The van der Waals surface area contributed by atoms with Crippen LogP contribution in [0.1, 0.15) is 43.2 Å². The fourth-order valence-corrected chi connectivity index (χ4v) is 4.98. The largest absolute Gasteiger partial charge is 0.507 e. The molecule has 0 amide bonds. The number of phenolic OH excluding ortho intramolecular Hbond substituents is 1. The van der Waals surface area contributed by atoms with Crippen molar-refractivity contribution in [3.8, 4) is 16.9 Å². The van der Waals surface area contributed by atoms with Crippen LogP contribution in [0.2, 0.25) is 0 Å². The zero-order chi connectivity index (χ0) is 15.4. The van der Waals surface area contributed by atoms with E-state index in [0.717, 1.165) is 5.39 Å². The predicted molar refractivity (Wildman–Crippen MR) is 94.9 cm³/mol. The molecule has 1 nitrogen and oxygen atoms in total. The zero-order valence-corrected chi connectivity index (χ0v) is 13.2. The van der Waals surface area contributed by atoms with Gasteiger partial charge in [-0.1, -0.05) is 67.8 Å². The maximum absolute atomic E-state index is 10.6. The molecular formula is C22H20O. The smallest absolute Gasteiger partial charge is 0.123 e. The van der Waals surface area contributed by atoms with E-state index in [4.69, 9.17) is 0 Å². The van der Waals surface area contributed by atoms with Gasteiger partial charge >= 0.3 is 0 Å². The first-order valence-electron chi connectivity index (χ1n) is 8.66. The highest BCUT2D eigenvalue weighted by molar-refractivity contribution is 6.05. The molecule has 1 heteroatoms. The third kappa shape index (κ3) is 1.63. The van der Waals surface area contributed by atoms with E-state index in [9.17, 15) is 5.11 Å². The van der Waals surface area contributed by atoms with Crippen LogP contribution in [0.15, 0.2) is 54.6 Å². The van der Waals surface area contributed by atoms with E-state index in [1.165, 1.54) is 59.7 Å². The summed E-state index contributed by atoms with van der Waals surface area (Å²) >= 11 is 0. The van der Waals surface area contributed by atoms with Crippen molar-refractivity contribution < 1.29 is 5.11 Å². The minimum Gasteiger partial charge on any atom is -0.507 e. The van der Waals surface area contributed by atoms with E-state index < -0.39 is 0 Å². The summed E-state index contributed by atoms with van der Waals surface area (Å²) in [4.78, 5) is 0. The van der Waals surface area contributed by atoms with Gasteiger partial charge in [-0.15, -0.1) is 0 Å². The number of phenols is 1. The molecule has 3 aromatic carbocycles. The SMILES string of the molecule is Oc1cc2c(c3ccccc13)-c1ccccc1C21CCCCC1. The zero-order valence-electron chi connectivity index (χ0n) is 13.2. The van der Waals surface area contributed by atoms with Crippen LogP contribution in [-0.4, -0.2) is 5.11 Å². The van der Waals surface area contributed by atoms with Gasteiger partial charge in [0.25, 0.3) is 0 Å². The average Bonchev–Trinajstić information content (AvgIpc) is 2.87. The molecular weight excluding hydrogens is 280 g/mol. The molecule has 0 atom stereocenters. The second kappa shape index (κ2) is 4.61. The van der Waals surface area contributed by atoms with Gasteiger partial charge < -0.3 is 5.11 Å². The van der Waals surface area contributed by atoms with Gasteiger partial charge in [0.05, 0.1) is 0 Å². The van der Waals surface area contributed by atoms with Crippen molar-refractivity contribution in [2.24, 2.45) is 0 Å². The highest BCUT2D eigenvalue weighted by atomic mass is 16.3. The summed E-state index contributed by atoms with van der Waals surface area (Å²) in [5, 5.41) is 12.8. The molecule has 0 radical (unpaired) electrons. The second-order valence-corrected chi connectivity index (χ2v) is 7.05. The van der Waals surface area contributed by atoms with Gasteiger partial charge in [0, 0.05) is 10.8 Å². The minimum atomic E-state index is 0.117. The van der Waals surface area contributed by atoms with Gasteiger partial charge in [-0.3, -0.25) is 0 Å². The van der Waals surface area contributed by atoms with Gasteiger partial charge in [0.2, 0.25) is 0 Å². The topological polar surface area (TPSA) is 20.2 Å². The summed E-state index contributed by atoms with van der Waals surface area (Å²) < 4.78 is 0. The van der Waals surface area contributed by atoms with E-state index in [2.05, 4.69) is 42.5 Å². The molecule has 0 aromatic heterocycles. The molecule has 1 spiro atoms. The van der Waals surface area contributed by atoms with E-state index in [1.807, 2.05) is 12.1 Å². The lowest BCUT2D eigenvalue weighted by molar-refractivity contribution is 0.351. The summed E-state index contributed by atoms with van der Waals surface area (Å²) in [7, 11) is 0. The van der Waals surface area contributed by atoms with Gasteiger partial charge in [-0.05, 0) is 46.5 Å². The molecule has 23 heavy (non-hydrogen) atoms. The summed E-state index contributed by atoms with van der Waals surface area (Å²) in [6, 6.07) is 19.2. The molecule has 0 aliphatic heterocycles. The van der Waals surface area contributed by atoms with Crippen LogP contribution in [0.5, 0.6) is 5.75 Å². The molecule has 2 aliphatic carbocycles. The summed E-state index contributed by atoms with van der Waals surface area (Å²) in [5.74, 6) is 0.428. The quantitative estimate of drug-likeness (QED) is 0.558. The van der Waals surface area contributed by atoms with Gasteiger partial charge in [-0.2, -0.15) is 0 Å². The molecule has 1 N–H and O–H groups in total. The molecule has 1 saturated carbocycles. The van der Waals surface area contributed by atoms with Crippen LogP contribution in [-0.2, 0) is 5.41 Å². The molecule has 0 saturated heterocycles. The number of aromatic hydroxyl groups is 1. The lowest BCUT2D eigenvalue weighted by Gasteiger charge is -2.36. The van der Waals surface area contributed by atoms with Crippen LogP contribution in [0.3, 0.4) is 0 Å². The van der Waals surface area contributed by atoms with Crippen LogP contribution >= 0.6 is 0 Å². The fourth-order valence-electron chi connectivity index (χ4n) is 4.98. The third-order valence-electron chi connectivity index (χ3n) is 5.96. The first kappa shape index (κ1) is 13.2. The lowest BCUT2D eigenvalue weighted by Crippen LogP contribution is -2.27. The maximum Gasteiger partial charge on any atom is 0.123 e. The molecule has 5 rings (SSSR count). The Morgan fingerprint density at radius 3 is 2.26 bits per heavy atom. The van der Waals surface area contributed by atoms with Crippen LogP contribution in [0.25, 0.3) is 21.9 Å². The summed E-state index contributed by atoms with van der Waals surface area (Å²) in [5.41, 5.74) is 5.68. The normalized spacial score (nSPS) is 18.1. The third-order valence-corrected chi connectivity index (χ3v) is 5.96. The van der Waals surface area contributed by atoms with Crippen molar-refractivity contribution in [1.29, 1.82) is 0 Å². The number of hydrogen-bond donors (Lipinski definition) is 1. The van der Waals surface area contributed by atoms with Gasteiger partial charge in [-0.25, -0.2) is 0 Å². The first-order valence-corrected chi connectivity index (χ1v) is 8.66. The maximum atomic E-state index is 10.6. The Hall–Kier alpha value is -2.28. The van der Waals surface area contributed by atoms with E-state index in [0.29, 0.717) is 5.75 Å². The van der Waals surface area contributed by atoms with Gasteiger partial charge in [0.1, 0.15) is 5.75 Å². The lowest BCUT2D eigenvalue weighted by atomic mass is 9.67. The van der Waals surface area contributed by atoms with Crippen LogP contribution in [0, 0.1) is 0 Å². The Balaban J connectivity index is 1.94. The Morgan fingerprint density at radius 2 is 1.43 bits per heavy atom. The molecule has 0 heterocycles. The standard InChI is InChI=1S/C22H20O/c23-20-14-19-21(16-9-3-2-8-15(16)20)17-10-4-5-11-18(17)22(19)12-6-1-7-13-22/h2-5,8-11,14,23H,1,6-7,12-13H2. The summed E-state index contributed by atoms with van der Waals surface area (Å²) in [6.45, 7) is 0. The molecule has 2 aliphatic rings. The number of hydrogen-bond acceptors (Lipinski definition) is 1. The highest BCUT2D eigenvalue weighted by Crippen LogP contribution is 2.58. The van der Waals surface area contributed by atoms with E-state index >= 15 is 0 Å². The fraction of sp³-hybridized carbons (Fsp3) is 0.273. The van der Waals surface area contributed by atoms with E-state index in [1.54, 1.807) is 0 Å². The number of rotatable bonds is 0. The molecule has 114 valence electrons. The molecule has 1 fully saturated rings. The van der Waals surface area contributed by atoms with Crippen molar-refractivity contribution in [2.75, 3.05) is 0 Å². The minimum absolute atomic E-state index is 0.117. The predicted octanol–water partition coefficient (Wildman–Crippen LogP) is 5.78. The van der Waals surface area contributed by atoms with Crippen LogP contribution < -0.4 is 0 Å². The summed E-state index contributed by atoms with van der Waals surface area (Å²) in [6.07, 6.45) is 6.30. The second-order valence-electron chi connectivity index (χ2n) is 7.05. The Labute approximate surface area is 136 Å². The molecule has 3 aromatic rings. The monoisotopic (exact) mass is 300 g/mol. The average molecular weight is 300 g/mol. The van der Waals surface area contributed by atoms with Crippen molar-refractivity contribution in [3.63, 3.8) is 0 Å². The highest BCUT2D eigenvalue weighted by Gasteiger charge is 2.44. The van der Waals surface area contributed by atoms with E-state index in [-0.39, 0.29) is 5.41 Å². The van der Waals surface area contributed by atoms with Crippen molar-refractivity contribution in [3.05, 3.63) is 65.7 Å². The first-order chi connectivity index (χ1) is 11.3. The molecule has 0 bridgehead atoms. The Kier molecular flexibility index (Phi) is 2.64.